The molecule has 2 aromatic rings. The van der Waals surface area contributed by atoms with Gasteiger partial charge in [0.2, 0.25) is 5.91 Å². The van der Waals surface area contributed by atoms with Crippen LogP contribution in [0.15, 0.2) is 54.6 Å². The molecular formula is C18H15F3N2O3. The van der Waals surface area contributed by atoms with Crippen molar-refractivity contribution in [2.45, 2.75) is 6.18 Å². The molecule has 26 heavy (non-hydrogen) atoms. The fourth-order valence-electron chi connectivity index (χ4n) is 1.96. The number of ether oxygens (including phenoxy) is 1. The van der Waals surface area contributed by atoms with Gasteiger partial charge in [0.1, 0.15) is 5.75 Å². The van der Waals surface area contributed by atoms with E-state index >= 15 is 0 Å². The Morgan fingerprint density at radius 3 is 2.42 bits per heavy atom. The Morgan fingerprint density at radius 2 is 1.81 bits per heavy atom. The number of anilines is 1. The molecule has 0 aliphatic carbocycles. The molecule has 2 amide bonds. The number of nitrogens with one attached hydrogen (secondary N) is 1. The number of carbonyl (C=O) groups excluding carboxylic acids is 2. The lowest BCUT2D eigenvalue weighted by Gasteiger charge is -2.08. The Morgan fingerprint density at radius 1 is 1.12 bits per heavy atom. The molecule has 0 spiro atoms. The minimum Gasteiger partial charge on any atom is -0.484 e. The van der Waals surface area contributed by atoms with Gasteiger partial charge in [-0.3, -0.25) is 9.59 Å². The molecule has 8 heteroatoms. The lowest BCUT2D eigenvalue weighted by Crippen LogP contribution is -2.19. The second kappa shape index (κ2) is 8.19. The van der Waals surface area contributed by atoms with Crippen molar-refractivity contribution in [1.82, 2.24) is 0 Å². The third-order valence-electron chi connectivity index (χ3n) is 3.15. The first-order valence-electron chi connectivity index (χ1n) is 7.41. The van der Waals surface area contributed by atoms with E-state index in [1.807, 2.05) is 0 Å². The van der Waals surface area contributed by atoms with Gasteiger partial charge < -0.3 is 15.8 Å². The summed E-state index contributed by atoms with van der Waals surface area (Å²) in [5.74, 6) is -0.729. The van der Waals surface area contributed by atoms with E-state index in [2.05, 4.69) is 5.32 Å². The van der Waals surface area contributed by atoms with Crippen molar-refractivity contribution in [3.8, 4) is 5.75 Å². The fraction of sp³-hybridized carbons (Fsp3) is 0.111. The average molecular weight is 364 g/mol. The molecule has 5 nitrogen and oxygen atoms in total. The summed E-state index contributed by atoms with van der Waals surface area (Å²) in [7, 11) is 0. The topological polar surface area (TPSA) is 81.4 Å². The number of nitrogens with two attached hydrogens (primary N) is 1. The smallest absolute Gasteiger partial charge is 0.416 e. The van der Waals surface area contributed by atoms with Gasteiger partial charge in [0.15, 0.2) is 6.61 Å². The summed E-state index contributed by atoms with van der Waals surface area (Å²) in [5.41, 5.74) is 4.83. The molecule has 0 fully saturated rings. The highest BCUT2D eigenvalue weighted by atomic mass is 19.4. The molecule has 136 valence electrons. The number of halogens is 3. The molecule has 0 bridgehead atoms. The number of carbonyl (C=O) groups is 2. The summed E-state index contributed by atoms with van der Waals surface area (Å²) in [6, 6.07) is 10.8. The van der Waals surface area contributed by atoms with Crippen molar-refractivity contribution in [3.63, 3.8) is 0 Å². The molecule has 0 saturated carbocycles. The first-order valence-corrected chi connectivity index (χ1v) is 7.41. The van der Waals surface area contributed by atoms with E-state index in [9.17, 15) is 22.8 Å². The summed E-state index contributed by atoms with van der Waals surface area (Å²) >= 11 is 0. The van der Waals surface area contributed by atoms with Gasteiger partial charge in [-0.15, -0.1) is 0 Å². The highest BCUT2D eigenvalue weighted by Gasteiger charge is 2.30. The van der Waals surface area contributed by atoms with E-state index in [1.165, 1.54) is 24.3 Å². The van der Waals surface area contributed by atoms with Crippen molar-refractivity contribution < 1.29 is 27.5 Å². The van der Waals surface area contributed by atoms with Gasteiger partial charge in [0.05, 0.1) is 5.56 Å². The first kappa shape index (κ1) is 19.0. The fourth-order valence-corrected chi connectivity index (χ4v) is 1.96. The highest BCUT2D eigenvalue weighted by molar-refractivity contribution is 6.01. The molecule has 0 unspecified atom stereocenters. The largest absolute Gasteiger partial charge is 0.484 e. The van der Waals surface area contributed by atoms with E-state index in [-0.39, 0.29) is 12.3 Å². The average Bonchev–Trinajstić information content (AvgIpc) is 2.58. The number of hydrogen-bond acceptors (Lipinski definition) is 3. The SMILES string of the molecule is NC(=O)COc1ccc(C=CC(=O)Nc2cccc(C(F)(F)F)c2)cc1. The standard InChI is InChI=1S/C18H15F3N2O3/c19-18(20,21)13-2-1-3-14(10-13)23-17(25)9-6-12-4-7-15(8-5-12)26-11-16(22)24/h1-10H,11H2,(H2,22,24)(H,23,25). The molecular weight excluding hydrogens is 349 g/mol. The molecule has 0 radical (unpaired) electrons. The number of benzene rings is 2. The predicted molar refractivity (Wildman–Crippen MR) is 90.2 cm³/mol. The van der Waals surface area contributed by atoms with Crippen LogP contribution in [0.2, 0.25) is 0 Å². The minimum absolute atomic E-state index is 0.0460. The van der Waals surface area contributed by atoms with Gasteiger partial charge in [0.25, 0.3) is 5.91 Å². The number of hydrogen-bond donors (Lipinski definition) is 2. The number of alkyl halides is 3. The van der Waals surface area contributed by atoms with E-state index in [0.29, 0.717) is 11.3 Å². The predicted octanol–water partition coefficient (Wildman–Crippen LogP) is 3.22. The second-order valence-corrected chi connectivity index (χ2v) is 5.23. The van der Waals surface area contributed by atoms with Crippen LogP contribution in [0.1, 0.15) is 11.1 Å². The Bertz CT molecular complexity index is 815. The first-order chi connectivity index (χ1) is 12.2. The van der Waals surface area contributed by atoms with Gasteiger partial charge in [-0.1, -0.05) is 18.2 Å². The second-order valence-electron chi connectivity index (χ2n) is 5.23. The number of amides is 2. The lowest BCUT2D eigenvalue weighted by atomic mass is 10.2. The Hall–Kier alpha value is -3.29. The van der Waals surface area contributed by atoms with E-state index in [1.54, 1.807) is 24.3 Å². The van der Waals surface area contributed by atoms with Crippen LogP contribution in [0.25, 0.3) is 6.08 Å². The summed E-state index contributed by atoms with van der Waals surface area (Å²) < 4.78 is 43.0. The van der Waals surface area contributed by atoms with Gasteiger partial charge in [-0.05, 0) is 42.0 Å². The molecule has 0 aliphatic heterocycles. The molecule has 0 aromatic heterocycles. The maximum atomic E-state index is 12.6. The van der Waals surface area contributed by atoms with Gasteiger partial charge in [-0.2, -0.15) is 13.2 Å². The molecule has 0 saturated heterocycles. The van der Waals surface area contributed by atoms with E-state index in [4.69, 9.17) is 10.5 Å². The normalized spacial score (nSPS) is 11.3. The van der Waals surface area contributed by atoms with E-state index in [0.717, 1.165) is 12.1 Å². The highest BCUT2D eigenvalue weighted by Crippen LogP contribution is 2.30. The zero-order valence-corrected chi connectivity index (χ0v) is 13.4. The van der Waals surface area contributed by atoms with Crippen LogP contribution in [0.5, 0.6) is 5.75 Å². The third-order valence-corrected chi connectivity index (χ3v) is 3.15. The Labute approximate surface area is 147 Å². The molecule has 2 aromatic carbocycles. The maximum absolute atomic E-state index is 12.6. The summed E-state index contributed by atoms with van der Waals surface area (Å²) in [4.78, 5) is 22.5. The van der Waals surface area contributed by atoms with E-state index < -0.39 is 23.6 Å². The summed E-state index contributed by atoms with van der Waals surface area (Å²) in [6.45, 7) is -0.241. The van der Waals surface area contributed by atoms with Crippen LogP contribution >= 0.6 is 0 Å². The molecule has 2 rings (SSSR count). The zero-order valence-electron chi connectivity index (χ0n) is 13.4. The number of rotatable bonds is 6. The molecule has 0 aliphatic rings. The van der Waals surface area contributed by atoms with Crippen molar-refractivity contribution in [2.24, 2.45) is 5.73 Å². The van der Waals surface area contributed by atoms with Crippen molar-refractivity contribution in [3.05, 3.63) is 65.7 Å². The molecule has 0 heterocycles. The van der Waals surface area contributed by atoms with Gasteiger partial charge >= 0.3 is 6.18 Å². The van der Waals surface area contributed by atoms with Crippen LogP contribution in [0.4, 0.5) is 18.9 Å². The Balaban J connectivity index is 1.96. The van der Waals surface area contributed by atoms with Gasteiger partial charge in [-0.25, -0.2) is 0 Å². The third kappa shape index (κ3) is 5.97. The molecule has 3 N–H and O–H groups in total. The summed E-state index contributed by atoms with van der Waals surface area (Å²) in [6.07, 6.45) is -1.80. The van der Waals surface area contributed by atoms with Crippen LogP contribution < -0.4 is 15.8 Å². The van der Waals surface area contributed by atoms with Gasteiger partial charge in [0, 0.05) is 11.8 Å². The minimum atomic E-state index is -4.48. The maximum Gasteiger partial charge on any atom is 0.416 e. The van der Waals surface area contributed by atoms with Crippen LogP contribution in [0.3, 0.4) is 0 Å². The summed E-state index contributed by atoms with van der Waals surface area (Å²) in [5, 5.41) is 2.37. The number of primary amides is 1. The molecule has 0 atom stereocenters. The van der Waals surface area contributed by atoms with Crippen LogP contribution in [0, 0.1) is 0 Å². The van der Waals surface area contributed by atoms with Crippen molar-refractivity contribution in [2.75, 3.05) is 11.9 Å². The quantitative estimate of drug-likeness (QED) is 0.772. The Kier molecular flexibility index (Phi) is 6.00. The van der Waals surface area contributed by atoms with Crippen LogP contribution in [-0.2, 0) is 15.8 Å². The monoisotopic (exact) mass is 364 g/mol. The van der Waals surface area contributed by atoms with Crippen LogP contribution in [-0.4, -0.2) is 18.4 Å². The zero-order chi connectivity index (χ0) is 19.2. The lowest BCUT2D eigenvalue weighted by molar-refractivity contribution is -0.137. The van der Waals surface area contributed by atoms with Crippen molar-refractivity contribution in [1.29, 1.82) is 0 Å². The van der Waals surface area contributed by atoms with Crippen molar-refractivity contribution >= 4 is 23.6 Å².